The predicted molar refractivity (Wildman–Crippen MR) is 89.2 cm³/mol. The topological polar surface area (TPSA) is 72.4 Å². The van der Waals surface area contributed by atoms with Gasteiger partial charge in [0.1, 0.15) is 0 Å². The molecule has 0 radical (unpaired) electrons. The molecule has 1 aromatic carbocycles. The third kappa shape index (κ3) is 3.36. The number of amides is 1. The fraction of sp³-hybridized carbons (Fsp3) is 0.444. The van der Waals surface area contributed by atoms with Gasteiger partial charge in [-0.2, -0.15) is 0 Å². The van der Waals surface area contributed by atoms with E-state index in [1.807, 2.05) is 13.8 Å². The van der Waals surface area contributed by atoms with E-state index in [4.69, 9.17) is 10.3 Å². The minimum atomic E-state index is -1.01. The van der Waals surface area contributed by atoms with E-state index in [0.717, 1.165) is 36.2 Å². The molecule has 134 valence electrons. The van der Waals surface area contributed by atoms with Crippen LogP contribution in [0.2, 0.25) is 0 Å². The molecule has 0 spiro atoms. The highest BCUT2D eigenvalue weighted by Crippen LogP contribution is 2.36. The Balaban J connectivity index is 1.69. The van der Waals surface area contributed by atoms with E-state index >= 15 is 0 Å². The molecular weight excluding hydrogens is 328 g/mol. The van der Waals surface area contributed by atoms with Crippen molar-refractivity contribution >= 4 is 11.8 Å². The van der Waals surface area contributed by atoms with Crippen LogP contribution in [-0.4, -0.2) is 29.1 Å². The molecule has 0 unspecified atom stereocenters. The molecule has 1 saturated heterocycles. The number of halogens is 2. The van der Waals surface area contributed by atoms with Crippen molar-refractivity contribution in [3.05, 3.63) is 46.7 Å². The molecule has 1 amide bonds. The zero-order valence-electron chi connectivity index (χ0n) is 14.3. The average molecular weight is 349 g/mol. The maximum Gasteiger partial charge on any atom is 0.253 e. The molecule has 7 heteroatoms. The Hall–Kier alpha value is -2.44. The summed E-state index contributed by atoms with van der Waals surface area (Å²) in [6.45, 7) is 5.11. The number of hydrogen-bond donors (Lipinski definition) is 1. The Morgan fingerprint density at radius 3 is 2.56 bits per heavy atom. The highest BCUT2D eigenvalue weighted by Gasteiger charge is 2.30. The molecule has 0 atom stereocenters. The number of hydrogen-bond acceptors (Lipinski definition) is 4. The van der Waals surface area contributed by atoms with Crippen LogP contribution in [0.3, 0.4) is 0 Å². The molecule has 5 nitrogen and oxygen atoms in total. The standard InChI is InChI=1S/C18H21F2N3O2/c1-10(2)15-16(22-25-17(15)21)11-5-7-23(8-6-11)18(24)12-3-4-13(19)14(20)9-12/h3-4,9-11H,5-8,21H2,1-2H3. The summed E-state index contributed by atoms with van der Waals surface area (Å²) in [5.74, 6) is -1.53. The average Bonchev–Trinajstić information content (AvgIpc) is 2.98. The Kier molecular flexibility index (Phi) is 4.74. The number of nitrogen functional groups attached to an aromatic ring is 1. The van der Waals surface area contributed by atoms with Gasteiger partial charge in [-0.05, 0) is 37.0 Å². The van der Waals surface area contributed by atoms with Crippen LogP contribution < -0.4 is 5.73 Å². The van der Waals surface area contributed by atoms with Gasteiger partial charge in [-0.1, -0.05) is 19.0 Å². The lowest BCUT2D eigenvalue weighted by molar-refractivity contribution is 0.0710. The van der Waals surface area contributed by atoms with Crippen LogP contribution in [0.4, 0.5) is 14.7 Å². The molecular formula is C18H21F2N3O2. The minimum absolute atomic E-state index is 0.158. The zero-order chi connectivity index (χ0) is 18.1. The molecule has 1 aliphatic heterocycles. The fourth-order valence-corrected chi connectivity index (χ4v) is 3.37. The predicted octanol–water partition coefficient (Wildman–Crippen LogP) is 3.68. The highest BCUT2D eigenvalue weighted by atomic mass is 19.2. The minimum Gasteiger partial charge on any atom is -0.367 e. The molecule has 0 saturated carbocycles. The first-order valence-corrected chi connectivity index (χ1v) is 8.37. The number of benzene rings is 1. The molecule has 2 heterocycles. The Bertz CT molecular complexity index is 781. The van der Waals surface area contributed by atoms with Crippen LogP contribution >= 0.6 is 0 Å². The van der Waals surface area contributed by atoms with Crippen molar-refractivity contribution in [1.82, 2.24) is 10.1 Å². The quantitative estimate of drug-likeness (QED) is 0.917. The molecule has 1 aromatic heterocycles. The lowest BCUT2D eigenvalue weighted by Crippen LogP contribution is -2.38. The van der Waals surface area contributed by atoms with Crippen molar-refractivity contribution in [3.63, 3.8) is 0 Å². The number of rotatable bonds is 3. The first-order chi connectivity index (χ1) is 11.9. The van der Waals surface area contributed by atoms with E-state index in [1.54, 1.807) is 4.90 Å². The molecule has 2 aromatic rings. The van der Waals surface area contributed by atoms with Crippen LogP contribution in [0, 0.1) is 11.6 Å². The van der Waals surface area contributed by atoms with E-state index in [0.29, 0.717) is 19.0 Å². The summed E-state index contributed by atoms with van der Waals surface area (Å²) in [5, 5.41) is 4.12. The first-order valence-electron chi connectivity index (χ1n) is 8.37. The maximum absolute atomic E-state index is 13.3. The third-order valence-corrected chi connectivity index (χ3v) is 4.70. The van der Waals surface area contributed by atoms with Gasteiger partial charge in [-0.25, -0.2) is 8.78 Å². The largest absolute Gasteiger partial charge is 0.367 e. The first kappa shape index (κ1) is 17.4. The Morgan fingerprint density at radius 2 is 1.96 bits per heavy atom. The van der Waals surface area contributed by atoms with E-state index in [-0.39, 0.29) is 23.3 Å². The lowest BCUT2D eigenvalue weighted by atomic mass is 9.88. The number of aromatic nitrogens is 1. The summed E-state index contributed by atoms with van der Waals surface area (Å²) in [5.41, 5.74) is 7.83. The van der Waals surface area contributed by atoms with Gasteiger partial charge in [0.05, 0.1) is 5.69 Å². The van der Waals surface area contributed by atoms with Gasteiger partial charge in [-0.15, -0.1) is 0 Å². The molecule has 0 bridgehead atoms. The molecule has 2 N–H and O–H groups in total. The highest BCUT2D eigenvalue weighted by molar-refractivity contribution is 5.94. The van der Waals surface area contributed by atoms with Crippen molar-refractivity contribution in [2.45, 2.75) is 38.5 Å². The number of piperidine rings is 1. The van der Waals surface area contributed by atoms with Gasteiger partial charge in [0.25, 0.3) is 5.91 Å². The van der Waals surface area contributed by atoms with Crippen molar-refractivity contribution in [3.8, 4) is 0 Å². The van der Waals surface area contributed by atoms with Crippen LogP contribution in [-0.2, 0) is 0 Å². The zero-order valence-corrected chi connectivity index (χ0v) is 14.3. The van der Waals surface area contributed by atoms with E-state index in [1.165, 1.54) is 6.07 Å². The number of carbonyl (C=O) groups is 1. The number of nitrogens with zero attached hydrogens (tertiary/aromatic N) is 2. The third-order valence-electron chi connectivity index (χ3n) is 4.70. The van der Waals surface area contributed by atoms with E-state index in [9.17, 15) is 13.6 Å². The van der Waals surface area contributed by atoms with Gasteiger partial charge in [0.2, 0.25) is 5.88 Å². The fourth-order valence-electron chi connectivity index (χ4n) is 3.37. The normalized spacial score (nSPS) is 15.8. The maximum atomic E-state index is 13.3. The molecule has 25 heavy (non-hydrogen) atoms. The molecule has 3 rings (SSSR count). The van der Waals surface area contributed by atoms with Crippen molar-refractivity contribution in [1.29, 1.82) is 0 Å². The van der Waals surface area contributed by atoms with Gasteiger partial charge < -0.3 is 15.2 Å². The molecule has 1 aliphatic rings. The van der Waals surface area contributed by atoms with Crippen LogP contribution in [0.5, 0.6) is 0 Å². The Labute approximate surface area is 144 Å². The van der Waals surface area contributed by atoms with Crippen molar-refractivity contribution in [2.75, 3.05) is 18.8 Å². The summed E-state index contributed by atoms with van der Waals surface area (Å²) in [7, 11) is 0. The smallest absolute Gasteiger partial charge is 0.253 e. The van der Waals surface area contributed by atoms with Crippen molar-refractivity contribution in [2.24, 2.45) is 0 Å². The summed E-state index contributed by atoms with van der Waals surface area (Å²) < 4.78 is 31.5. The number of carbonyl (C=O) groups excluding carboxylic acids is 1. The number of nitrogens with two attached hydrogens (primary N) is 1. The van der Waals surface area contributed by atoms with Crippen LogP contribution in [0.15, 0.2) is 22.7 Å². The Morgan fingerprint density at radius 1 is 1.28 bits per heavy atom. The van der Waals surface area contributed by atoms with E-state index < -0.39 is 11.6 Å². The van der Waals surface area contributed by atoms with Crippen molar-refractivity contribution < 1.29 is 18.1 Å². The summed E-state index contributed by atoms with van der Waals surface area (Å²) in [6, 6.07) is 3.23. The van der Waals surface area contributed by atoms with Gasteiger partial charge in [0.15, 0.2) is 11.6 Å². The monoisotopic (exact) mass is 349 g/mol. The summed E-state index contributed by atoms with van der Waals surface area (Å²) in [6.07, 6.45) is 1.45. The summed E-state index contributed by atoms with van der Waals surface area (Å²) >= 11 is 0. The van der Waals surface area contributed by atoms with E-state index in [2.05, 4.69) is 5.16 Å². The number of anilines is 1. The van der Waals surface area contributed by atoms with Crippen LogP contribution in [0.25, 0.3) is 0 Å². The molecule has 1 fully saturated rings. The van der Waals surface area contributed by atoms with Gasteiger partial charge in [0, 0.05) is 30.1 Å². The van der Waals surface area contributed by atoms with Crippen LogP contribution in [0.1, 0.15) is 60.1 Å². The van der Waals surface area contributed by atoms with Gasteiger partial charge in [-0.3, -0.25) is 4.79 Å². The second-order valence-corrected chi connectivity index (χ2v) is 6.70. The molecule has 0 aliphatic carbocycles. The van der Waals surface area contributed by atoms with Gasteiger partial charge >= 0.3 is 0 Å². The second-order valence-electron chi connectivity index (χ2n) is 6.70. The summed E-state index contributed by atoms with van der Waals surface area (Å²) in [4.78, 5) is 14.1. The second kappa shape index (κ2) is 6.82. The lowest BCUT2D eigenvalue weighted by Gasteiger charge is -2.31. The number of likely N-dealkylation sites (tertiary alicyclic amines) is 1. The SMILES string of the molecule is CC(C)c1c(C2CCN(C(=O)c3ccc(F)c(F)c3)CC2)noc1N.